The third-order valence-corrected chi connectivity index (χ3v) is 16.1. The van der Waals surface area contributed by atoms with E-state index >= 15 is 0 Å². The van der Waals surface area contributed by atoms with Gasteiger partial charge >= 0.3 is 0 Å². The fourth-order valence-electron chi connectivity index (χ4n) is 8.72. The Balaban J connectivity index is 0.000000133. The third kappa shape index (κ3) is 8.47. The molecule has 0 aliphatic carbocycles. The van der Waals surface area contributed by atoms with Crippen LogP contribution in [0.25, 0.3) is 44.0 Å². The van der Waals surface area contributed by atoms with E-state index in [1.54, 1.807) is 54.6 Å². The lowest BCUT2D eigenvalue weighted by atomic mass is 10.0. The molecule has 1 N–H and O–H groups in total. The molecule has 0 saturated carbocycles. The average molecular weight is 992 g/mol. The van der Waals surface area contributed by atoms with E-state index in [1.807, 2.05) is 97.6 Å². The first-order valence-electron chi connectivity index (χ1n) is 21.4. The van der Waals surface area contributed by atoms with Crippen LogP contribution in [0.15, 0.2) is 152 Å². The summed E-state index contributed by atoms with van der Waals surface area (Å²) >= 11 is 17.3. The minimum atomic E-state index is -3.79. The van der Waals surface area contributed by atoms with E-state index in [-0.39, 0.29) is 10.2 Å². The summed E-state index contributed by atoms with van der Waals surface area (Å²) in [5, 5.41) is 6.63. The number of para-hydroxylation sites is 2. The van der Waals surface area contributed by atoms with Gasteiger partial charge in [-0.1, -0.05) is 95.0 Å². The highest BCUT2D eigenvalue weighted by atomic mass is 35.5. The summed E-state index contributed by atoms with van der Waals surface area (Å²) in [6.45, 7) is 6.39. The normalized spacial score (nSPS) is 13.8. The van der Waals surface area contributed by atoms with Gasteiger partial charge < -0.3 is 19.1 Å². The zero-order valence-corrected chi connectivity index (χ0v) is 40.0. The fraction of sp³-hybridized carbons (Fsp3) is 0.160. The van der Waals surface area contributed by atoms with Gasteiger partial charge in [0.25, 0.3) is 31.4 Å². The number of oxazole rings is 2. The van der Waals surface area contributed by atoms with E-state index in [4.69, 9.17) is 43.6 Å². The molecule has 0 atom stereocenters. The molecule has 10 aromatic rings. The lowest BCUT2D eigenvalue weighted by Gasteiger charge is -2.27. The molecule has 0 amide bonds. The lowest BCUT2D eigenvalue weighted by molar-refractivity contribution is 0.547. The van der Waals surface area contributed by atoms with Gasteiger partial charge in [0.1, 0.15) is 11.0 Å². The van der Waals surface area contributed by atoms with Crippen molar-refractivity contribution in [1.29, 1.82) is 0 Å². The minimum absolute atomic E-state index is 0.141. The highest BCUT2D eigenvalue weighted by Gasteiger charge is 2.32. The van der Waals surface area contributed by atoms with Crippen LogP contribution in [0.4, 0.5) is 6.01 Å². The van der Waals surface area contributed by atoms with Crippen LogP contribution in [-0.2, 0) is 46.0 Å². The molecular formula is C50H41Cl3N6O6S2. The Kier molecular flexibility index (Phi) is 11.9. The molecule has 0 unspecified atom stereocenters. The molecule has 0 fully saturated rings. The first-order chi connectivity index (χ1) is 32.3. The average Bonchev–Trinajstić information content (AvgIpc) is 4.09. The van der Waals surface area contributed by atoms with Crippen molar-refractivity contribution in [3.8, 4) is 0 Å². The van der Waals surface area contributed by atoms with E-state index in [0.29, 0.717) is 69.2 Å². The molecule has 6 aromatic carbocycles. The highest BCUT2D eigenvalue weighted by Crippen LogP contribution is 2.37. The molecule has 0 radical (unpaired) electrons. The molecule has 12 rings (SSSR count). The number of rotatable bonds is 5. The predicted molar refractivity (Wildman–Crippen MR) is 265 cm³/mol. The summed E-state index contributed by atoms with van der Waals surface area (Å²) in [5.41, 5.74) is 9.97. The molecule has 340 valence electrons. The van der Waals surface area contributed by atoms with Crippen molar-refractivity contribution in [2.75, 3.05) is 18.0 Å². The van der Waals surface area contributed by atoms with Crippen LogP contribution in [0.2, 0.25) is 15.4 Å². The van der Waals surface area contributed by atoms with Crippen molar-refractivity contribution in [3.63, 3.8) is 0 Å². The van der Waals surface area contributed by atoms with Gasteiger partial charge in [0.05, 0.1) is 38.8 Å². The SMILES string of the molecule is Cc1ccc(S(=O)(=O)n2c3c(c4ccccc42)CCN(c2nc4ccc(Cl)cc4o2)C3)cc1.Cc1ccc(S(=O)(=O)n2c3c(c4ccccc42)CCNC3)cc1.Clc1ccc2nc(Cl)oc2c1. The Morgan fingerprint density at radius 1 is 0.582 bits per heavy atom. The summed E-state index contributed by atoms with van der Waals surface area (Å²) in [7, 11) is -7.40. The zero-order chi connectivity index (χ0) is 46.6. The van der Waals surface area contributed by atoms with Crippen molar-refractivity contribution < 1.29 is 25.7 Å². The molecule has 4 aromatic heterocycles. The maximum Gasteiger partial charge on any atom is 0.298 e. The molecule has 12 nitrogen and oxygen atoms in total. The van der Waals surface area contributed by atoms with Gasteiger partial charge in [0, 0.05) is 46.0 Å². The number of hydrogen-bond donors (Lipinski definition) is 1. The summed E-state index contributed by atoms with van der Waals surface area (Å²) in [6, 6.07) is 40.4. The van der Waals surface area contributed by atoms with Crippen molar-refractivity contribution in [2.45, 2.75) is 49.6 Å². The van der Waals surface area contributed by atoms with Crippen molar-refractivity contribution in [2.24, 2.45) is 0 Å². The topological polar surface area (TPSA) is 145 Å². The third-order valence-electron chi connectivity index (χ3n) is 12.0. The molecule has 2 aliphatic heterocycles. The Bertz CT molecular complexity index is 3730. The van der Waals surface area contributed by atoms with Crippen LogP contribution in [0, 0.1) is 13.8 Å². The largest absolute Gasteiger partial charge is 0.428 e. The quantitative estimate of drug-likeness (QED) is 0.177. The second-order valence-electron chi connectivity index (χ2n) is 16.3. The lowest BCUT2D eigenvalue weighted by Crippen LogP contribution is -2.32. The second-order valence-corrected chi connectivity index (χ2v) is 21.1. The van der Waals surface area contributed by atoms with Gasteiger partial charge in [-0.3, -0.25) is 0 Å². The Morgan fingerprint density at radius 3 is 1.67 bits per heavy atom. The summed E-state index contributed by atoms with van der Waals surface area (Å²) < 4.78 is 68.1. The minimum Gasteiger partial charge on any atom is -0.428 e. The first-order valence-corrected chi connectivity index (χ1v) is 25.4. The molecule has 0 spiro atoms. The smallest absolute Gasteiger partial charge is 0.298 e. The molecule has 2 aliphatic rings. The van der Waals surface area contributed by atoms with E-state index in [2.05, 4.69) is 15.3 Å². The number of fused-ring (bicyclic) bond motifs is 8. The van der Waals surface area contributed by atoms with Crippen molar-refractivity contribution >= 4 is 105 Å². The van der Waals surface area contributed by atoms with E-state index in [9.17, 15) is 16.8 Å². The maximum atomic E-state index is 13.8. The zero-order valence-electron chi connectivity index (χ0n) is 36.1. The highest BCUT2D eigenvalue weighted by molar-refractivity contribution is 7.90. The molecule has 6 heterocycles. The number of aromatic nitrogens is 4. The number of benzene rings is 6. The summed E-state index contributed by atoms with van der Waals surface area (Å²) in [5.74, 6) is 0. The van der Waals surface area contributed by atoms with Crippen LogP contribution < -0.4 is 10.2 Å². The van der Waals surface area contributed by atoms with Crippen LogP contribution in [0.5, 0.6) is 0 Å². The molecule has 67 heavy (non-hydrogen) atoms. The number of anilines is 1. The van der Waals surface area contributed by atoms with Gasteiger partial charge in [-0.15, -0.1) is 0 Å². The molecule has 0 bridgehead atoms. The first kappa shape index (κ1) is 44.7. The maximum absolute atomic E-state index is 13.8. The van der Waals surface area contributed by atoms with Gasteiger partial charge in [-0.05, 0) is 117 Å². The Hall–Kier alpha value is -6.13. The summed E-state index contributed by atoms with van der Waals surface area (Å²) in [6.07, 6.45) is 1.54. The standard InChI is InChI=1S/C25H20ClN3O3S.C18H18N2O2S.C7H3Cl2NO/c1-16-6-9-18(10-7-16)33(30,31)29-22-5-3-2-4-19(22)20-12-13-28(15-23(20)29)25-27-21-11-8-17(26)14-24(21)32-25;1-13-6-8-14(9-7-13)23(21,22)20-17-5-3-2-4-15(17)16-10-11-19-12-18(16)20;8-4-1-2-5-6(3-4)11-7(9)10-5/h2-11,14H,12-13,15H2,1H3;2-9,19H,10-12H2,1H3;1-3H. The number of aryl methyl sites for hydroxylation is 2. The van der Waals surface area contributed by atoms with Crippen molar-refractivity contribution in [1.82, 2.24) is 23.2 Å². The van der Waals surface area contributed by atoms with Crippen LogP contribution in [0.1, 0.15) is 33.6 Å². The van der Waals surface area contributed by atoms with Gasteiger partial charge in [0.2, 0.25) is 0 Å². The predicted octanol–water partition coefficient (Wildman–Crippen LogP) is 11.5. The second kappa shape index (κ2) is 17.8. The fourth-order valence-corrected chi connectivity index (χ4v) is 12.4. The van der Waals surface area contributed by atoms with E-state index in [0.717, 1.165) is 68.4 Å². The number of halogens is 3. The van der Waals surface area contributed by atoms with Gasteiger partial charge in [-0.25, -0.2) is 24.8 Å². The van der Waals surface area contributed by atoms with E-state index in [1.165, 1.54) is 7.94 Å². The van der Waals surface area contributed by atoms with Gasteiger partial charge in [-0.2, -0.15) is 9.97 Å². The van der Waals surface area contributed by atoms with Crippen molar-refractivity contribution in [3.05, 3.63) is 182 Å². The Morgan fingerprint density at radius 2 is 1.09 bits per heavy atom. The van der Waals surface area contributed by atoms with Crippen LogP contribution >= 0.6 is 34.8 Å². The summed E-state index contributed by atoms with van der Waals surface area (Å²) in [4.78, 5) is 11.1. The van der Waals surface area contributed by atoms with Crippen LogP contribution in [0.3, 0.4) is 0 Å². The Labute approximate surface area is 401 Å². The van der Waals surface area contributed by atoms with Gasteiger partial charge in [0.15, 0.2) is 11.2 Å². The van der Waals surface area contributed by atoms with E-state index < -0.39 is 20.0 Å². The number of hydrogen-bond acceptors (Lipinski definition) is 10. The molecule has 0 saturated heterocycles. The molecular weight excluding hydrogens is 951 g/mol. The number of nitrogens with zero attached hydrogens (tertiary/aromatic N) is 5. The monoisotopic (exact) mass is 990 g/mol. The van der Waals surface area contributed by atoms with Crippen LogP contribution in [-0.4, -0.2) is 47.8 Å². The molecule has 17 heteroatoms. The number of nitrogens with one attached hydrogen (secondary N) is 1.